The number of halogens is 3. The molecule has 21 heavy (non-hydrogen) atoms. The van der Waals surface area contributed by atoms with Crippen LogP contribution < -0.4 is 5.32 Å². The Bertz CT molecular complexity index is 702. The molecular formula is C16H12Cl3NO. The number of alkyl halides is 1. The summed E-state index contributed by atoms with van der Waals surface area (Å²) in [6.45, 7) is 0. The van der Waals surface area contributed by atoms with Crippen LogP contribution in [0.4, 0.5) is 0 Å². The van der Waals surface area contributed by atoms with Gasteiger partial charge in [0.15, 0.2) is 0 Å². The van der Waals surface area contributed by atoms with Crippen molar-refractivity contribution in [2.24, 2.45) is 0 Å². The van der Waals surface area contributed by atoms with Gasteiger partial charge in [-0.1, -0.05) is 47.5 Å². The van der Waals surface area contributed by atoms with Gasteiger partial charge in [0.1, 0.15) is 0 Å². The summed E-state index contributed by atoms with van der Waals surface area (Å²) in [6.07, 6.45) is 0.747. The summed E-state index contributed by atoms with van der Waals surface area (Å²) < 4.78 is 0. The molecule has 0 spiro atoms. The Morgan fingerprint density at radius 1 is 1.14 bits per heavy atom. The smallest absolute Gasteiger partial charge is 0.253 e. The van der Waals surface area contributed by atoms with Crippen LogP contribution in [-0.4, -0.2) is 11.3 Å². The normalized spacial score (nSPS) is 20.1. The van der Waals surface area contributed by atoms with Crippen LogP contribution in [0.25, 0.3) is 0 Å². The largest absolute Gasteiger partial charge is 0.344 e. The first-order chi connectivity index (χ1) is 10.1. The lowest BCUT2D eigenvalue weighted by molar-refractivity contribution is 0.0937. The van der Waals surface area contributed by atoms with E-state index in [0.29, 0.717) is 15.6 Å². The second-order valence-corrected chi connectivity index (χ2v) is 6.40. The van der Waals surface area contributed by atoms with Gasteiger partial charge in [0.25, 0.3) is 5.91 Å². The van der Waals surface area contributed by atoms with E-state index in [9.17, 15) is 4.79 Å². The van der Waals surface area contributed by atoms with Crippen molar-refractivity contribution in [3.63, 3.8) is 0 Å². The summed E-state index contributed by atoms with van der Waals surface area (Å²) in [6, 6.07) is 12.6. The van der Waals surface area contributed by atoms with Crippen LogP contribution in [0.1, 0.15) is 27.5 Å². The molecule has 0 bridgehead atoms. The second-order valence-electron chi connectivity index (χ2n) is 4.99. The van der Waals surface area contributed by atoms with Gasteiger partial charge in [0.2, 0.25) is 0 Å². The van der Waals surface area contributed by atoms with Gasteiger partial charge in [-0.05, 0) is 35.7 Å². The predicted molar refractivity (Wildman–Crippen MR) is 86.5 cm³/mol. The molecule has 0 fully saturated rings. The average Bonchev–Trinajstić information content (AvgIpc) is 2.75. The molecule has 1 aliphatic rings. The minimum atomic E-state index is -0.246. The SMILES string of the molecule is O=C(NC1c2ccccc2CC1Cl)c1ccc(Cl)cc1Cl. The summed E-state index contributed by atoms with van der Waals surface area (Å²) >= 11 is 18.3. The molecule has 3 rings (SSSR count). The molecule has 5 heteroatoms. The molecule has 1 aliphatic carbocycles. The highest BCUT2D eigenvalue weighted by Crippen LogP contribution is 2.35. The molecule has 1 amide bonds. The van der Waals surface area contributed by atoms with Gasteiger partial charge >= 0.3 is 0 Å². The van der Waals surface area contributed by atoms with Crippen LogP contribution in [0.5, 0.6) is 0 Å². The fourth-order valence-corrected chi connectivity index (χ4v) is 3.47. The zero-order valence-electron chi connectivity index (χ0n) is 10.9. The lowest BCUT2D eigenvalue weighted by atomic mass is 10.1. The van der Waals surface area contributed by atoms with Gasteiger partial charge in [-0.2, -0.15) is 0 Å². The van der Waals surface area contributed by atoms with Crippen molar-refractivity contribution in [1.29, 1.82) is 0 Å². The van der Waals surface area contributed by atoms with Crippen LogP contribution in [0, 0.1) is 0 Å². The van der Waals surface area contributed by atoms with Gasteiger partial charge in [-0.3, -0.25) is 4.79 Å². The number of hydrogen-bond acceptors (Lipinski definition) is 1. The zero-order valence-corrected chi connectivity index (χ0v) is 13.2. The quantitative estimate of drug-likeness (QED) is 0.794. The highest BCUT2D eigenvalue weighted by Gasteiger charge is 2.32. The van der Waals surface area contributed by atoms with Crippen molar-refractivity contribution in [3.8, 4) is 0 Å². The first-order valence-electron chi connectivity index (χ1n) is 6.54. The highest BCUT2D eigenvalue weighted by atomic mass is 35.5. The van der Waals surface area contributed by atoms with Crippen LogP contribution in [0.2, 0.25) is 10.0 Å². The number of fused-ring (bicyclic) bond motifs is 1. The minimum Gasteiger partial charge on any atom is -0.344 e. The van der Waals surface area contributed by atoms with Gasteiger partial charge in [-0.15, -0.1) is 11.6 Å². The Hall–Kier alpha value is -1.22. The van der Waals surface area contributed by atoms with Crippen LogP contribution >= 0.6 is 34.8 Å². The van der Waals surface area contributed by atoms with E-state index >= 15 is 0 Å². The Balaban J connectivity index is 1.85. The van der Waals surface area contributed by atoms with E-state index in [0.717, 1.165) is 12.0 Å². The third-order valence-electron chi connectivity index (χ3n) is 3.63. The van der Waals surface area contributed by atoms with Gasteiger partial charge in [0.05, 0.1) is 22.0 Å². The number of carbonyl (C=O) groups is 1. The van der Waals surface area contributed by atoms with Gasteiger partial charge in [0, 0.05) is 5.02 Å². The Morgan fingerprint density at radius 3 is 2.67 bits per heavy atom. The molecular weight excluding hydrogens is 329 g/mol. The molecule has 0 aromatic heterocycles. The summed E-state index contributed by atoms with van der Waals surface area (Å²) in [5.41, 5.74) is 2.63. The first-order valence-corrected chi connectivity index (χ1v) is 7.73. The zero-order chi connectivity index (χ0) is 15.0. The number of benzene rings is 2. The molecule has 0 heterocycles. The van der Waals surface area contributed by atoms with E-state index in [1.807, 2.05) is 24.3 Å². The molecule has 0 aliphatic heterocycles. The molecule has 0 radical (unpaired) electrons. The third kappa shape index (κ3) is 2.89. The van der Waals surface area contributed by atoms with Crippen LogP contribution in [-0.2, 0) is 6.42 Å². The Morgan fingerprint density at radius 2 is 1.90 bits per heavy atom. The number of amides is 1. The van der Waals surface area contributed by atoms with E-state index in [4.69, 9.17) is 34.8 Å². The number of hydrogen-bond donors (Lipinski definition) is 1. The van der Waals surface area contributed by atoms with E-state index < -0.39 is 0 Å². The molecule has 108 valence electrons. The van der Waals surface area contributed by atoms with Crippen molar-refractivity contribution in [2.75, 3.05) is 0 Å². The summed E-state index contributed by atoms with van der Waals surface area (Å²) in [5, 5.41) is 3.64. The fraction of sp³-hybridized carbons (Fsp3) is 0.188. The maximum absolute atomic E-state index is 12.4. The summed E-state index contributed by atoms with van der Waals surface area (Å²) in [5.74, 6) is -0.246. The van der Waals surface area contributed by atoms with E-state index in [1.54, 1.807) is 18.2 Å². The van der Waals surface area contributed by atoms with Crippen molar-refractivity contribution >= 4 is 40.7 Å². The molecule has 0 saturated heterocycles. The summed E-state index contributed by atoms with van der Waals surface area (Å²) in [4.78, 5) is 12.4. The number of carbonyl (C=O) groups excluding carboxylic acids is 1. The third-order valence-corrected chi connectivity index (χ3v) is 4.58. The Kier molecular flexibility index (Phi) is 4.12. The maximum Gasteiger partial charge on any atom is 0.253 e. The summed E-state index contributed by atoms with van der Waals surface area (Å²) in [7, 11) is 0. The van der Waals surface area contributed by atoms with Crippen LogP contribution in [0.3, 0.4) is 0 Å². The number of rotatable bonds is 2. The first kappa shape index (κ1) is 14.7. The molecule has 2 atom stereocenters. The van der Waals surface area contributed by atoms with Crippen molar-refractivity contribution in [3.05, 3.63) is 69.2 Å². The molecule has 2 aromatic carbocycles. The predicted octanol–water partition coefficient (Wildman–Crippen LogP) is 4.63. The monoisotopic (exact) mass is 339 g/mol. The number of nitrogens with one attached hydrogen (secondary N) is 1. The molecule has 2 unspecified atom stereocenters. The maximum atomic E-state index is 12.4. The van der Waals surface area contributed by atoms with E-state index in [1.165, 1.54) is 5.56 Å². The molecule has 0 saturated carbocycles. The van der Waals surface area contributed by atoms with Crippen molar-refractivity contribution in [1.82, 2.24) is 5.32 Å². The Labute approximate surface area is 138 Å². The van der Waals surface area contributed by atoms with E-state index in [-0.39, 0.29) is 17.3 Å². The van der Waals surface area contributed by atoms with Crippen molar-refractivity contribution < 1.29 is 4.79 Å². The second kappa shape index (κ2) is 5.88. The van der Waals surface area contributed by atoms with Gasteiger partial charge < -0.3 is 5.32 Å². The van der Waals surface area contributed by atoms with Gasteiger partial charge in [-0.25, -0.2) is 0 Å². The highest BCUT2D eigenvalue weighted by molar-refractivity contribution is 6.36. The standard InChI is InChI=1S/C16H12Cl3NO/c17-10-5-6-12(13(18)8-10)16(21)20-15-11-4-2-1-3-9(11)7-14(15)19/h1-6,8,14-15H,7H2,(H,20,21). The van der Waals surface area contributed by atoms with Crippen molar-refractivity contribution in [2.45, 2.75) is 17.8 Å². The van der Waals surface area contributed by atoms with Crippen LogP contribution in [0.15, 0.2) is 42.5 Å². The fourth-order valence-electron chi connectivity index (χ4n) is 2.61. The lowest BCUT2D eigenvalue weighted by Crippen LogP contribution is -2.32. The topological polar surface area (TPSA) is 29.1 Å². The average molecular weight is 341 g/mol. The lowest BCUT2D eigenvalue weighted by Gasteiger charge is -2.18. The molecule has 2 aromatic rings. The molecule has 2 nitrogen and oxygen atoms in total. The minimum absolute atomic E-state index is 0.155. The van der Waals surface area contributed by atoms with E-state index in [2.05, 4.69) is 5.32 Å². The molecule has 1 N–H and O–H groups in total.